The first kappa shape index (κ1) is 11.9. The van der Waals surface area contributed by atoms with Gasteiger partial charge in [-0.2, -0.15) is 0 Å². The lowest BCUT2D eigenvalue weighted by Gasteiger charge is -2.24. The summed E-state index contributed by atoms with van der Waals surface area (Å²) in [5, 5.41) is 12.1. The van der Waals surface area contributed by atoms with Gasteiger partial charge in [-0.25, -0.2) is 4.39 Å². The van der Waals surface area contributed by atoms with Crippen LogP contribution in [0.2, 0.25) is 0 Å². The summed E-state index contributed by atoms with van der Waals surface area (Å²) in [6, 6.07) is 6.25. The number of hydrogen-bond donors (Lipinski definition) is 2. The predicted molar refractivity (Wildman–Crippen MR) is 62.6 cm³/mol. The highest BCUT2D eigenvalue weighted by atomic mass is 19.1. The third-order valence-electron chi connectivity index (χ3n) is 2.91. The van der Waals surface area contributed by atoms with E-state index in [0.29, 0.717) is 26.2 Å². The predicted octanol–water partition coefficient (Wildman–Crippen LogP) is 0.936. The lowest BCUT2D eigenvalue weighted by atomic mass is 10.1. The van der Waals surface area contributed by atoms with Crippen LogP contribution in [-0.2, 0) is 4.79 Å². The topological polar surface area (TPSA) is 52.6 Å². The van der Waals surface area contributed by atoms with E-state index in [4.69, 9.17) is 5.11 Å². The molecule has 0 spiro atoms. The van der Waals surface area contributed by atoms with E-state index in [9.17, 15) is 9.18 Å². The zero-order valence-electron chi connectivity index (χ0n) is 9.40. The number of rotatable bonds is 2. The van der Waals surface area contributed by atoms with Crippen molar-refractivity contribution in [2.45, 2.75) is 0 Å². The van der Waals surface area contributed by atoms with Gasteiger partial charge in [0.15, 0.2) is 0 Å². The van der Waals surface area contributed by atoms with Gasteiger partial charge >= 0.3 is 5.97 Å². The molecule has 0 aliphatic carbocycles. The van der Waals surface area contributed by atoms with Crippen LogP contribution in [0.1, 0.15) is 0 Å². The summed E-state index contributed by atoms with van der Waals surface area (Å²) < 4.78 is 13.1. The Morgan fingerprint density at radius 2 is 2.35 bits per heavy atom. The second-order valence-corrected chi connectivity index (χ2v) is 4.17. The molecule has 0 radical (unpaired) electrons. The number of hydrogen-bond acceptors (Lipinski definition) is 3. The first-order valence-corrected chi connectivity index (χ1v) is 5.61. The molecule has 92 valence electrons. The van der Waals surface area contributed by atoms with Crippen LogP contribution in [0.4, 0.5) is 10.1 Å². The second-order valence-electron chi connectivity index (χ2n) is 4.17. The van der Waals surface area contributed by atoms with E-state index in [-0.39, 0.29) is 5.82 Å². The fraction of sp³-hybridized carbons (Fsp3) is 0.417. The minimum atomic E-state index is -0.819. The largest absolute Gasteiger partial charge is 0.481 e. The highest BCUT2D eigenvalue weighted by Crippen LogP contribution is 2.18. The first-order chi connectivity index (χ1) is 8.16. The zero-order chi connectivity index (χ0) is 12.3. The van der Waals surface area contributed by atoms with Crippen molar-refractivity contribution in [1.82, 2.24) is 5.32 Å². The van der Waals surface area contributed by atoms with Crippen LogP contribution in [0, 0.1) is 11.7 Å². The van der Waals surface area contributed by atoms with Crippen LogP contribution in [0.15, 0.2) is 24.3 Å². The molecule has 0 amide bonds. The number of benzene rings is 1. The van der Waals surface area contributed by atoms with E-state index in [2.05, 4.69) is 5.32 Å². The maximum absolute atomic E-state index is 13.1. The van der Waals surface area contributed by atoms with Gasteiger partial charge in [-0.1, -0.05) is 6.07 Å². The Morgan fingerprint density at radius 3 is 3.06 bits per heavy atom. The Balaban J connectivity index is 2.16. The van der Waals surface area contributed by atoms with E-state index in [1.807, 2.05) is 4.90 Å². The van der Waals surface area contributed by atoms with Gasteiger partial charge in [0, 0.05) is 31.9 Å². The quantitative estimate of drug-likeness (QED) is 0.805. The van der Waals surface area contributed by atoms with Crippen LogP contribution in [0.5, 0.6) is 0 Å². The van der Waals surface area contributed by atoms with Crippen molar-refractivity contribution in [3.63, 3.8) is 0 Å². The summed E-state index contributed by atoms with van der Waals surface area (Å²) in [5.74, 6) is -1.58. The van der Waals surface area contributed by atoms with Crippen LogP contribution in [0.3, 0.4) is 0 Å². The van der Waals surface area contributed by atoms with Gasteiger partial charge in [0.05, 0.1) is 5.92 Å². The number of aliphatic carboxylic acids is 1. The minimum Gasteiger partial charge on any atom is -0.481 e. The molecule has 5 heteroatoms. The SMILES string of the molecule is O=C(O)C1CNCCN(c2cccc(F)c2)C1. The number of anilines is 1. The molecule has 1 heterocycles. The summed E-state index contributed by atoms with van der Waals surface area (Å²) in [4.78, 5) is 12.9. The Bertz CT molecular complexity index is 411. The van der Waals surface area contributed by atoms with E-state index < -0.39 is 11.9 Å². The van der Waals surface area contributed by atoms with Crippen molar-refractivity contribution in [2.75, 3.05) is 31.1 Å². The van der Waals surface area contributed by atoms with E-state index in [1.165, 1.54) is 12.1 Å². The lowest BCUT2D eigenvalue weighted by Crippen LogP contribution is -2.33. The Morgan fingerprint density at radius 1 is 1.53 bits per heavy atom. The molecule has 2 rings (SSSR count). The number of carboxylic acids is 1. The number of carbonyl (C=O) groups is 1. The van der Waals surface area contributed by atoms with Crippen molar-refractivity contribution >= 4 is 11.7 Å². The van der Waals surface area contributed by atoms with Crippen molar-refractivity contribution in [3.8, 4) is 0 Å². The van der Waals surface area contributed by atoms with Crippen molar-refractivity contribution in [3.05, 3.63) is 30.1 Å². The summed E-state index contributed by atoms with van der Waals surface area (Å²) in [7, 11) is 0. The fourth-order valence-electron chi connectivity index (χ4n) is 1.98. The second kappa shape index (κ2) is 5.14. The molecule has 0 bridgehead atoms. The molecule has 1 unspecified atom stereocenters. The van der Waals surface area contributed by atoms with E-state index >= 15 is 0 Å². The number of halogens is 1. The third-order valence-corrected chi connectivity index (χ3v) is 2.91. The van der Waals surface area contributed by atoms with Gasteiger partial charge in [0.25, 0.3) is 0 Å². The van der Waals surface area contributed by atoms with E-state index in [0.717, 1.165) is 5.69 Å². The lowest BCUT2D eigenvalue weighted by molar-refractivity contribution is -0.141. The van der Waals surface area contributed by atoms with Gasteiger partial charge in [-0.15, -0.1) is 0 Å². The molecule has 1 aliphatic rings. The third kappa shape index (κ3) is 2.94. The molecule has 4 nitrogen and oxygen atoms in total. The van der Waals surface area contributed by atoms with Gasteiger partial charge < -0.3 is 15.3 Å². The van der Waals surface area contributed by atoms with Gasteiger partial charge in [0.1, 0.15) is 5.82 Å². The Hall–Kier alpha value is -1.62. The average molecular weight is 238 g/mol. The maximum atomic E-state index is 13.1. The molecule has 1 atom stereocenters. The van der Waals surface area contributed by atoms with E-state index in [1.54, 1.807) is 12.1 Å². The molecule has 1 fully saturated rings. The number of carboxylic acid groups (broad SMARTS) is 1. The van der Waals surface area contributed by atoms with Crippen LogP contribution in [0.25, 0.3) is 0 Å². The molecule has 1 aromatic rings. The molecule has 1 saturated heterocycles. The molecule has 1 aliphatic heterocycles. The number of nitrogens with zero attached hydrogens (tertiary/aromatic N) is 1. The summed E-state index contributed by atoms with van der Waals surface area (Å²) in [6.45, 7) is 2.26. The van der Waals surface area contributed by atoms with Gasteiger partial charge in [-0.3, -0.25) is 4.79 Å². The smallest absolute Gasteiger partial charge is 0.309 e. The fourth-order valence-corrected chi connectivity index (χ4v) is 1.98. The van der Waals surface area contributed by atoms with Crippen LogP contribution < -0.4 is 10.2 Å². The monoisotopic (exact) mass is 238 g/mol. The molecule has 17 heavy (non-hydrogen) atoms. The van der Waals surface area contributed by atoms with Crippen LogP contribution in [-0.4, -0.2) is 37.3 Å². The minimum absolute atomic E-state index is 0.299. The molecular weight excluding hydrogens is 223 g/mol. The molecule has 0 saturated carbocycles. The average Bonchev–Trinajstić information content (AvgIpc) is 2.54. The normalized spacial score (nSPS) is 21.0. The van der Waals surface area contributed by atoms with Crippen molar-refractivity contribution < 1.29 is 14.3 Å². The van der Waals surface area contributed by atoms with Gasteiger partial charge in [0.2, 0.25) is 0 Å². The summed E-state index contributed by atoms with van der Waals surface area (Å²) in [5.41, 5.74) is 0.736. The summed E-state index contributed by atoms with van der Waals surface area (Å²) >= 11 is 0. The standard InChI is InChI=1S/C12H15FN2O2/c13-10-2-1-3-11(6-10)15-5-4-14-7-9(8-15)12(16)17/h1-3,6,9,14H,4-5,7-8H2,(H,16,17). The molecule has 0 aromatic heterocycles. The zero-order valence-corrected chi connectivity index (χ0v) is 9.40. The Kier molecular flexibility index (Phi) is 3.58. The first-order valence-electron chi connectivity index (χ1n) is 5.61. The molecule has 2 N–H and O–H groups in total. The van der Waals surface area contributed by atoms with Crippen LogP contribution >= 0.6 is 0 Å². The maximum Gasteiger partial charge on any atom is 0.309 e. The Labute approximate surface area is 99.0 Å². The highest BCUT2D eigenvalue weighted by Gasteiger charge is 2.23. The van der Waals surface area contributed by atoms with Gasteiger partial charge in [-0.05, 0) is 18.2 Å². The van der Waals surface area contributed by atoms with Crippen molar-refractivity contribution in [2.24, 2.45) is 5.92 Å². The molecule has 1 aromatic carbocycles. The summed E-state index contributed by atoms with van der Waals surface area (Å²) in [6.07, 6.45) is 0. The highest BCUT2D eigenvalue weighted by molar-refractivity contribution is 5.71. The molecular formula is C12H15FN2O2. The number of nitrogens with one attached hydrogen (secondary N) is 1. The van der Waals surface area contributed by atoms with Crippen molar-refractivity contribution in [1.29, 1.82) is 0 Å².